The zero-order valence-electron chi connectivity index (χ0n) is 10.4. The molecule has 1 heterocycles. The molecule has 0 radical (unpaired) electrons. The maximum atomic E-state index is 9.27. The van der Waals surface area contributed by atoms with E-state index in [2.05, 4.69) is 16.5 Å². The Labute approximate surface area is 101 Å². The Morgan fingerprint density at radius 3 is 2.75 bits per heavy atom. The minimum absolute atomic E-state index is 0.307. The molecule has 5 heteroatoms. The van der Waals surface area contributed by atoms with Gasteiger partial charge in [0, 0.05) is 25.1 Å². The van der Waals surface area contributed by atoms with Gasteiger partial charge in [0.25, 0.3) is 0 Å². The van der Waals surface area contributed by atoms with Gasteiger partial charge in [0.05, 0.1) is 18.4 Å². The van der Waals surface area contributed by atoms with Crippen LogP contribution in [0.4, 0.5) is 0 Å². The van der Waals surface area contributed by atoms with Gasteiger partial charge in [-0.3, -0.25) is 0 Å². The highest BCUT2D eigenvalue weighted by Crippen LogP contribution is 2.21. The van der Waals surface area contributed by atoms with Gasteiger partial charge in [-0.25, -0.2) is 4.98 Å². The Morgan fingerprint density at radius 2 is 2.19 bits per heavy atom. The van der Waals surface area contributed by atoms with Crippen molar-refractivity contribution in [3.8, 4) is 0 Å². The van der Waals surface area contributed by atoms with Crippen molar-refractivity contribution >= 4 is 11.8 Å². The van der Waals surface area contributed by atoms with Crippen LogP contribution < -0.4 is 0 Å². The maximum Gasteiger partial charge on any atom is 0.168 e. The number of thioether (sulfide) groups is 1. The third-order valence-electron chi connectivity index (χ3n) is 2.40. The van der Waals surface area contributed by atoms with Crippen LogP contribution in [0, 0.1) is 13.8 Å². The quantitative estimate of drug-likeness (QED) is 0.773. The monoisotopic (exact) mass is 244 g/mol. The number of aryl methyl sites for hydroxylation is 1. The molecule has 0 fully saturated rings. The lowest BCUT2D eigenvalue weighted by Crippen LogP contribution is -2.09. The number of rotatable bonds is 6. The van der Waals surface area contributed by atoms with Crippen LogP contribution >= 0.6 is 11.8 Å². The van der Waals surface area contributed by atoms with Crippen molar-refractivity contribution in [3.63, 3.8) is 0 Å². The molecule has 0 unspecified atom stereocenters. The van der Waals surface area contributed by atoms with Crippen molar-refractivity contribution in [2.75, 3.05) is 19.5 Å². The van der Waals surface area contributed by atoms with E-state index < -0.39 is 0 Å². The Kier molecular flexibility index (Phi) is 5.31. The third-order valence-corrected chi connectivity index (χ3v) is 3.61. The molecule has 92 valence electrons. The molecule has 0 amide bonds. The highest BCUT2D eigenvalue weighted by molar-refractivity contribution is 7.99. The molecule has 1 rings (SSSR count). The van der Waals surface area contributed by atoms with Crippen LogP contribution in [0.2, 0.25) is 0 Å². The molecular weight excluding hydrogens is 224 g/mol. The largest absolute Gasteiger partial charge is 0.393 e. The van der Waals surface area contributed by atoms with Crippen LogP contribution in [0.5, 0.6) is 0 Å². The molecule has 1 aromatic heterocycles. The first-order chi connectivity index (χ1) is 7.56. The van der Waals surface area contributed by atoms with Gasteiger partial charge in [-0.05, 0) is 20.8 Å². The second kappa shape index (κ2) is 6.27. The summed E-state index contributed by atoms with van der Waals surface area (Å²) in [4.78, 5) is 4.49. The molecule has 0 saturated carbocycles. The molecule has 0 bridgehead atoms. The summed E-state index contributed by atoms with van der Waals surface area (Å²) in [6.07, 6.45) is -0.307. The number of aromatic nitrogens is 2. The first kappa shape index (κ1) is 13.5. The topological polar surface area (TPSA) is 47.3 Å². The van der Waals surface area contributed by atoms with E-state index in [0.717, 1.165) is 17.4 Å². The van der Waals surface area contributed by atoms with Crippen LogP contribution in [-0.2, 0) is 11.3 Å². The minimum Gasteiger partial charge on any atom is -0.393 e. The smallest absolute Gasteiger partial charge is 0.168 e. The number of ether oxygens (including phenoxy) is 1. The van der Waals surface area contributed by atoms with Crippen LogP contribution in [0.15, 0.2) is 5.16 Å². The standard InChI is InChI=1S/C11H20N2O2S/c1-8(14)7-16-11-12-9(2)10(3)13(11)5-6-15-4/h8,14H,5-7H2,1-4H3/t8-/m0/s1. The van der Waals surface area contributed by atoms with Gasteiger partial charge in [0.1, 0.15) is 0 Å². The number of imidazole rings is 1. The predicted molar refractivity (Wildman–Crippen MR) is 66.0 cm³/mol. The molecule has 0 aliphatic heterocycles. The molecule has 16 heavy (non-hydrogen) atoms. The normalized spacial score (nSPS) is 13.1. The predicted octanol–water partition coefficient (Wildman–Crippen LogP) is 1.62. The van der Waals surface area contributed by atoms with Crippen molar-refractivity contribution < 1.29 is 9.84 Å². The molecule has 0 saturated heterocycles. The van der Waals surface area contributed by atoms with E-state index in [1.54, 1.807) is 25.8 Å². The van der Waals surface area contributed by atoms with Crippen LogP contribution in [0.3, 0.4) is 0 Å². The molecule has 1 aromatic rings. The lowest BCUT2D eigenvalue weighted by atomic mass is 10.4. The summed E-state index contributed by atoms with van der Waals surface area (Å²) < 4.78 is 7.23. The summed E-state index contributed by atoms with van der Waals surface area (Å²) in [5.74, 6) is 0.670. The SMILES string of the molecule is COCCn1c(SC[C@H](C)O)nc(C)c1C. The van der Waals surface area contributed by atoms with E-state index in [1.165, 1.54) is 5.69 Å². The van der Waals surface area contributed by atoms with Gasteiger partial charge in [0.2, 0.25) is 0 Å². The molecule has 0 aliphatic carbocycles. The van der Waals surface area contributed by atoms with E-state index in [9.17, 15) is 5.11 Å². The Hall–Kier alpha value is -0.520. The third kappa shape index (κ3) is 3.50. The average Bonchev–Trinajstić information content (AvgIpc) is 2.50. The minimum atomic E-state index is -0.307. The van der Waals surface area contributed by atoms with Crippen LogP contribution in [-0.4, -0.2) is 40.2 Å². The number of hydrogen-bond acceptors (Lipinski definition) is 4. The molecule has 0 spiro atoms. The maximum absolute atomic E-state index is 9.27. The fraction of sp³-hybridized carbons (Fsp3) is 0.727. The molecule has 1 atom stereocenters. The van der Waals surface area contributed by atoms with Crippen LogP contribution in [0.25, 0.3) is 0 Å². The van der Waals surface area contributed by atoms with Gasteiger partial charge in [-0.2, -0.15) is 0 Å². The van der Waals surface area contributed by atoms with Gasteiger partial charge in [-0.1, -0.05) is 11.8 Å². The van der Waals surface area contributed by atoms with Crippen molar-refractivity contribution in [1.29, 1.82) is 0 Å². The Morgan fingerprint density at radius 1 is 1.50 bits per heavy atom. The number of hydrogen-bond donors (Lipinski definition) is 1. The Bertz CT molecular complexity index is 337. The molecule has 0 aliphatic rings. The summed E-state index contributed by atoms with van der Waals surface area (Å²) in [5, 5.41) is 10.2. The van der Waals surface area contributed by atoms with E-state index in [1.807, 2.05) is 6.92 Å². The fourth-order valence-corrected chi connectivity index (χ4v) is 2.35. The van der Waals surface area contributed by atoms with E-state index in [0.29, 0.717) is 12.4 Å². The lowest BCUT2D eigenvalue weighted by molar-refractivity contribution is 0.184. The first-order valence-corrected chi connectivity index (χ1v) is 6.38. The second-order valence-electron chi connectivity index (χ2n) is 3.87. The highest BCUT2D eigenvalue weighted by Gasteiger charge is 2.11. The average molecular weight is 244 g/mol. The van der Waals surface area contributed by atoms with Gasteiger partial charge >= 0.3 is 0 Å². The van der Waals surface area contributed by atoms with Gasteiger partial charge < -0.3 is 14.4 Å². The van der Waals surface area contributed by atoms with Crippen molar-refractivity contribution in [1.82, 2.24) is 9.55 Å². The van der Waals surface area contributed by atoms with E-state index in [-0.39, 0.29) is 6.10 Å². The first-order valence-electron chi connectivity index (χ1n) is 5.39. The molecular formula is C11H20N2O2S. The van der Waals surface area contributed by atoms with E-state index >= 15 is 0 Å². The Balaban J connectivity index is 2.77. The molecule has 4 nitrogen and oxygen atoms in total. The number of methoxy groups -OCH3 is 1. The summed E-state index contributed by atoms with van der Waals surface area (Å²) in [6.45, 7) is 7.34. The summed E-state index contributed by atoms with van der Waals surface area (Å²) in [7, 11) is 1.70. The number of aliphatic hydroxyl groups excluding tert-OH is 1. The van der Waals surface area contributed by atoms with Crippen LogP contribution in [0.1, 0.15) is 18.3 Å². The molecule has 1 N–H and O–H groups in total. The zero-order valence-corrected chi connectivity index (χ0v) is 11.2. The van der Waals surface area contributed by atoms with E-state index in [4.69, 9.17) is 4.74 Å². The summed E-state index contributed by atoms with van der Waals surface area (Å²) in [6, 6.07) is 0. The highest BCUT2D eigenvalue weighted by atomic mass is 32.2. The number of nitrogens with zero attached hydrogens (tertiary/aromatic N) is 2. The lowest BCUT2D eigenvalue weighted by Gasteiger charge is -2.09. The fourth-order valence-electron chi connectivity index (χ4n) is 1.37. The van der Waals surface area contributed by atoms with Crippen molar-refractivity contribution in [2.24, 2.45) is 0 Å². The van der Waals surface area contributed by atoms with Gasteiger partial charge in [0.15, 0.2) is 5.16 Å². The van der Waals surface area contributed by atoms with Gasteiger partial charge in [-0.15, -0.1) is 0 Å². The van der Waals surface area contributed by atoms with Crippen molar-refractivity contribution in [3.05, 3.63) is 11.4 Å². The van der Waals surface area contributed by atoms with Crippen molar-refractivity contribution in [2.45, 2.75) is 38.6 Å². The number of aliphatic hydroxyl groups is 1. The molecule has 0 aromatic carbocycles. The summed E-state index contributed by atoms with van der Waals surface area (Å²) >= 11 is 1.59. The zero-order chi connectivity index (χ0) is 12.1. The second-order valence-corrected chi connectivity index (χ2v) is 4.86. The summed E-state index contributed by atoms with van der Waals surface area (Å²) in [5.41, 5.74) is 2.22.